The molecule has 3 rings (SSSR count). The van der Waals surface area contributed by atoms with E-state index in [2.05, 4.69) is 20.2 Å². The van der Waals surface area contributed by atoms with E-state index in [-0.39, 0.29) is 21.4 Å². The summed E-state index contributed by atoms with van der Waals surface area (Å²) in [6.45, 7) is 1.07. The van der Waals surface area contributed by atoms with Gasteiger partial charge >= 0.3 is 5.97 Å². The number of pyridine rings is 1. The fourth-order valence-corrected chi connectivity index (χ4v) is 3.45. The highest BCUT2D eigenvalue weighted by Gasteiger charge is 2.17. The second-order valence-electron chi connectivity index (χ2n) is 5.92. The summed E-state index contributed by atoms with van der Waals surface area (Å²) in [5, 5.41) is 6.02. The number of carbonyl (C=O) groups is 2. The first-order chi connectivity index (χ1) is 14.2. The standard InChI is InChI=1S/C18H15ClN4O6S/c1-11-9-15(22-29-11)23-30(26,27)13-6-4-12(5-7-13)21-16(24)10-28-18(25)14-3-2-8-20-17(14)19/h2-9H,10H2,1H3,(H,21,24)(H,22,23). The van der Waals surface area contributed by atoms with Gasteiger partial charge in [-0.15, -0.1) is 0 Å². The van der Waals surface area contributed by atoms with Gasteiger partial charge in [-0.1, -0.05) is 16.8 Å². The van der Waals surface area contributed by atoms with Gasteiger partial charge in [0.15, 0.2) is 12.4 Å². The number of esters is 1. The van der Waals surface area contributed by atoms with Crippen molar-refractivity contribution in [3.63, 3.8) is 0 Å². The number of nitrogens with one attached hydrogen (secondary N) is 2. The van der Waals surface area contributed by atoms with Crippen molar-refractivity contribution in [3.05, 3.63) is 65.1 Å². The van der Waals surface area contributed by atoms with Crippen molar-refractivity contribution in [2.24, 2.45) is 0 Å². The molecule has 1 aromatic carbocycles. The topological polar surface area (TPSA) is 140 Å². The van der Waals surface area contributed by atoms with E-state index >= 15 is 0 Å². The molecule has 10 nitrogen and oxygen atoms in total. The van der Waals surface area contributed by atoms with E-state index in [0.717, 1.165) is 0 Å². The highest BCUT2D eigenvalue weighted by molar-refractivity contribution is 7.92. The first-order valence-corrected chi connectivity index (χ1v) is 10.2. The zero-order chi connectivity index (χ0) is 21.7. The third-order valence-electron chi connectivity index (χ3n) is 3.63. The fraction of sp³-hybridized carbons (Fsp3) is 0.111. The van der Waals surface area contributed by atoms with Crippen LogP contribution in [0.1, 0.15) is 16.1 Å². The maximum absolute atomic E-state index is 12.3. The van der Waals surface area contributed by atoms with Crippen LogP contribution in [0.3, 0.4) is 0 Å². The van der Waals surface area contributed by atoms with E-state index < -0.39 is 28.5 Å². The molecule has 1 amide bonds. The Morgan fingerprint density at radius 2 is 1.93 bits per heavy atom. The highest BCUT2D eigenvalue weighted by atomic mass is 35.5. The molecule has 0 fully saturated rings. The Kier molecular flexibility index (Phi) is 6.33. The number of aromatic nitrogens is 2. The van der Waals surface area contributed by atoms with Crippen LogP contribution in [-0.2, 0) is 19.6 Å². The summed E-state index contributed by atoms with van der Waals surface area (Å²) in [6, 6.07) is 9.74. The van der Waals surface area contributed by atoms with Crippen molar-refractivity contribution >= 4 is 45.0 Å². The largest absolute Gasteiger partial charge is 0.452 e. The maximum Gasteiger partial charge on any atom is 0.341 e. The van der Waals surface area contributed by atoms with Gasteiger partial charge in [0.2, 0.25) is 0 Å². The zero-order valence-corrected chi connectivity index (χ0v) is 17.0. The number of amides is 1. The third kappa shape index (κ3) is 5.33. The van der Waals surface area contributed by atoms with Gasteiger partial charge in [0.25, 0.3) is 15.9 Å². The molecule has 156 valence electrons. The van der Waals surface area contributed by atoms with Gasteiger partial charge in [-0.25, -0.2) is 18.2 Å². The van der Waals surface area contributed by atoms with Crippen LogP contribution in [0.5, 0.6) is 0 Å². The Labute approximate surface area is 176 Å². The first-order valence-electron chi connectivity index (χ1n) is 8.38. The van der Waals surface area contributed by atoms with Crippen LogP contribution in [0.4, 0.5) is 11.5 Å². The van der Waals surface area contributed by atoms with Crippen LogP contribution in [-0.4, -0.2) is 37.0 Å². The average Bonchev–Trinajstić information content (AvgIpc) is 3.11. The lowest BCUT2D eigenvalue weighted by Crippen LogP contribution is -2.21. The van der Waals surface area contributed by atoms with Crippen LogP contribution in [0.25, 0.3) is 0 Å². The summed E-state index contributed by atoms with van der Waals surface area (Å²) in [5.41, 5.74) is 0.350. The van der Waals surface area contributed by atoms with Crippen molar-refractivity contribution in [1.29, 1.82) is 0 Å². The number of hydrogen-bond acceptors (Lipinski definition) is 8. The molecule has 12 heteroatoms. The number of hydrogen-bond donors (Lipinski definition) is 2. The molecule has 0 radical (unpaired) electrons. The molecule has 0 saturated carbocycles. The van der Waals surface area contributed by atoms with Crippen molar-refractivity contribution < 1.29 is 27.3 Å². The number of ether oxygens (including phenoxy) is 1. The van der Waals surface area contributed by atoms with Crippen molar-refractivity contribution in [2.45, 2.75) is 11.8 Å². The van der Waals surface area contributed by atoms with Crippen LogP contribution in [0.2, 0.25) is 5.15 Å². The molecule has 0 saturated heterocycles. The zero-order valence-electron chi connectivity index (χ0n) is 15.5. The third-order valence-corrected chi connectivity index (χ3v) is 5.30. The quantitative estimate of drug-likeness (QED) is 0.413. The van der Waals surface area contributed by atoms with Gasteiger partial charge in [-0.05, 0) is 43.3 Å². The molecule has 0 spiro atoms. The lowest BCUT2D eigenvalue weighted by molar-refractivity contribution is -0.119. The summed E-state index contributed by atoms with van der Waals surface area (Å²) in [4.78, 5) is 27.6. The minimum atomic E-state index is -3.87. The number of rotatable bonds is 7. The predicted octanol–water partition coefficient (Wildman–Crippen LogP) is 2.63. The van der Waals surface area contributed by atoms with E-state index in [4.69, 9.17) is 20.9 Å². The molecular weight excluding hydrogens is 436 g/mol. The molecule has 0 aliphatic rings. The summed E-state index contributed by atoms with van der Waals surface area (Å²) in [5.74, 6) is -0.897. The normalized spacial score (nSPS) is 11.0. The molecule has 2 aromatic heterocycles. The van der Waals surface area contributed by atoms with E-state index in [1.54, 1.807) is 6.92 Å². The molecule has 0 bridgehead atoms. The summed E-state index contributed by atoms with van der Waals surface area (Å²) >= 11 is 5.79. The average molecular weight is 451 g/mol. The number of benzene rings is 1. The Morgan fingerprint density at radius 3 is 2.57 bits per heavy atom. The lowest BCUT2D eigenvalue weighted by atomic mass is 10.3. The maximum atomic E-state index is 12.3. The second kappa shape index (κ2) is 8.93. The Balaban J connectivity index is 1.56. The van der Waals surface area contributed by atoms with Crippen LogP contribution >= 0.6 is 11.6 Å². The lowest BCUT2D eigenvalue weighted by Gasteiger charge is -2.09. The van der Waals surface area contributed by atoms with Gasteiger partial charge in [0.05, 0.1) is 10.5 Å². The van der Waals surface area contributed by atoms with Gasteiger partial charge in [0, 0.05) is 18.0 Å². The Hall–Kier alpha value is -3.44. The number of carbonyl (C=O) groups excluding carboxylic acids is 2. The smallest absolute Gasteiger partial charge is 0.341 e. The van der Waals surface area contributed by atoms with Crippen molar-refractivity contribution in [1.82, 2.24) is 10.1 Å². The first kappa shape index (κ1) is 21.3. The molecule has 3 aromatic rings. The van der Waals surface area contributed by atoms with Crippen LogP contribution in [0.15, 0.2) is 58.1 Å². The number of anilines is 2. The fourth-order valence-electron chi connectivity index (χ4n) is 2.27. The van der Waals surface area contributed by atoms with Gasteiger partial charge < -0.3 is 14.6 Å². The summed E-state index contributed by atoms with van der Waals surface area (Å²) < 4.78 is 36.6. The molecule has 0 aliphatic heterocycles. The van der Waals surface area contributed by atoms with E-state index in [0.29, 0.717) is 11.4 Å². The van der Waals surface area contributed by atoms with Gasteiger partial charge in [-0.3, -0.25) is 9.52 Å². The molecule has 0 unspecified atom stereocenters. The minimum absolute atomic E-state index is 0.0332. The second-order valence-corrected chi connectivity index (χ2v) is 7.96. The Morgan fingerprint density at radius 1 is 1.20 bits per heavy atom. The molecule has 2 heterocycles. The predicted molar refractivity (Wildman–Crippen MR) is 107 cm³/mol. The highest BCUT2D eigenvalue weighted by Crippen LogP contribution is 2.18. The molecule has 2 N–H and O–H groups in total. The number of halogens is 1. The number of nitrogens with zero attached hydrogens (tertiary/aromatic N) is 2. The van der Waals surface area contributed by atoms with E-state index in [1.165, 1.54) is 48.7 Å². The molecule has 30 heavy (non-hydrogen) atoms. The van der Waals surface area contributed by atoms with Crippen molar-refractivity contribution in [3.8, 4) is 0 Å². The van der Waals surface area contributed by atoms with E-state index in [9.17, 15) is 18.0 Å². The number of aryl methyl sites for hydroxylation is 1. The van der Waals surface area contributed by atoms with Crippen LogP contribution in [0, 0.1) is 6.92 Å². The number of sulfonamides is 1. The Bertz CT molecular complexity index is 1180. The van der Waals surface area contributed by atoms with E-state index in [1.807, 2.05) is 0 Å². The summed E-state index contributed by atoms with van der Waals surface area (Å²) in [7, 11) is -3.87. The van der Waals surface area contributed by atoms with Crippen LogP contribution < -0.4 is 10.0 Å². The monoisotopic (exact) mass is 450 g/mol. The minimum Gasteiger partial charge on any atom is -0.452 e. The molecule has 0 aliphatic carbocycles. The van der Waals surface area contributed by atoms with Gasteiger partial charge in [0.1, 0.15) is 10.9 Å². The summed E-state index contributed by atoms with van der Waals surface area (Å²) in [6.07, 6.45) is 1.41. The molecule has 0 atom stereocenters. The van der Waals surface area contributed by atoms with Gasteiger partial charge in [-0.2, -0.15) is 0 Å². The SMILES string of the molecule is Cc1cc(NS(=O)(=O)c2ccc(NC(=O)COC(=O)c3cccnc3Cl)cc2)no1. The molecular formula is C18H15ClN4O6S. The van der Waals surface area contributed by atoms with Crippen molar-refractivity contribution in [2.75, 3.05) is 16.6 Å².